The van der Waals surface area contributed by atoms with E-state index in [1.807, 2.05) is 4.68 Å². The van der Waals surface area contributed by atoms with Gasteiger partial charge in [-0.25, -0.2) is 4.68 Å². The molecule has 1 atom stereocenters. The Morgan fingerprint density at radius 3 is 2.90 bits per heavy atom. The van der Waals surface area contributed by atoms with Crippen LogP contribution in [0.4, 0.5) is 0 Å². The molecule has 2 aromatic rings. The molecule has 21 heavy (non-hydrogen) atoms. The Balaban J connectivity index is 2.06. The zero-order chi connectivity index (χ0) is 15.0. The van der Waals surface area contributed by atoms with Crippen molar-refractivity contribution in [3.05, 3.63) is 40.7 Å². The Kier molecular flexibility index (Phi) is 3.83. The van der Waals surface area contributed by atoms with Crippen molar-refractivity contribution in [1.29, 1.82) is 0 Å². The van der Waals surface area contributed by atoms with Gasteiger partial charge in [-0.05, 0) is 55.8 Å². The van der Waals surface area contributed by atoms with E-state index in [0.717, 1.165) is 24.4 Å². The van der Waals surface area contributed by atoms with E-state index < -0.39 is 0 Å². The number of nitrogens with two attached hydrogens (primary N) is 1. The van der Waals surface area contributed by atoms with Crippen LogP contribution in [0.2, 0.25) is 0 Å². The fourth-order valence-corrected chi connectivity index (χ4v) is 3.45. The fourth-order valence-electron chi connectivity index (χ4n) is 3.45. The largest absolute Gasteiger partial charge is 0.362 e. The first-order valence-corrected chi connectivity index (χ1v) is 7.52. The van der Waals surface area contributed by atoms with Crippen molar-refractivity contribution in [3.63, 3.8) is 0 Å². The van der Waals surface area contributed by atoms with Crippen molar-refractivity contribution in [2.24, 2.45) is 5.73 Å². The second-order valence-corrected chi connectivity index (χ2v) is 5.85. The van der Waals surface area contributed by atoms with Crippen LogP contribution in [0.25, 0.3) is 11.1 Å². The molecule has 1 aliphatic rings. The summed E-state index contributed by atoms with van der Waals surface area (Å²) in [7, 11) is 1.69. The van der Waals surface area contributed by atoms with Crippen molar-refractivity contribution in [3.8, 4) is 11.1 Å². The Morgan fingerprint density at radius 2 is 2.19 bits per heavy atom. The third kappa shape index (κ3) is 2.39. The molecule has 2 N–H and O–H groups in total. The molecule has 0 saturated heterocycles. The first kappa shape index (κ1) is 14.3. The summed E-state index contributed by atoms with van der Waals surface area (Å²) in [5.74, 6) is 0.509. The highest BCUT2D eigenvalue weighted by molar-refractivity contribution is 5.70. The number of fused-ring (bicyclic) bond motifs is 1. The number of hydrogen-bond donors (Lipinski definition) is 1. The minimum absolute atomic E-state index is 0.489. The maximum absolute atomic E-state index is 5.91. The van der Waals surface area contributed by atoms with Gasteiger partial charge < -0.3 is 10.5 Å². The van der Waals surface area contributed by atoms with Gasteiger partial charge in [0.1, 0.15) is 6.73 Å². The fraction of sp³-hybridized carbons (Fsp3) is 0.471. The SMILES string of the molecule is COCn1nc(C)c(-c2ccc3c(c2)C(CN)CC3)c1C. The first-order chi connectivity index (χ1) is 10.2. The molecule has 4 nitrogen and oxygen atoms in total. The van der Waals surface area contributed by atoms with E-state index in [1.54, 1.807) is 7.11 Å². The molecule has 0 radical (unpaired) electrons. The highest BCUT2D eigenvalue weighted by atomic mass is 16.5. The predicted octanol–water partition coefficient (Wildman–Crippen LogP) is 2.76. The van der Waals surface area contributed by atoms with Gasteiger partial charge in [0.25, 0.3) is 0 Å². The number of nitrogens with zero attached hydrogens (tertiary/aromatic N) is 2. The summed E-state index contributed by atoms with van der Waals surface area (Å²) in [6.07, 6.45) is 2.33. The Morgan fingerprint density at radius 1 is 1.38 bits per heavy atom. The molecule has 0 fully saturated rings. The molecule has 1 heterocycles. The summed E-state index contributed by atoms with van der Waals surface area (Å²) in [6, 6.07) is 6.78. The van der Waals surface area contributed by atoms with Crippen LogP contribution in [-0.2, 0) is 17.9 Å². The van der Waals surface area contributed by atoms with E-state index >= 15 is 0 Å². The first-order valence-electron chi connectivity index (χ1n) is 7.52. The van der Waals surface area contributed by atoms with E-state index in [1.165, 1.54) is 28.7 Å². The zero-order valence-electron chi connectivity index (χ0n) is 13.0. The molecule has 0 aliphatic heterocycles. The second kappa shape index (κ2) is 5.62. The molecule has 0 bridgehead atoms. The van der Waals surface area contributed by atoms with E-state index in [4.69, 9.17) is 10.5 Å². The molecular formula is C17H23N3O. The molecule has 1 aromatic carbocycles. The number of aryl methyl sites for hydroxylation is 2. The lowest BCUT2D eigenvalue weighted by atomic mass is 9.95. The van der Waals surface area contributed by atoms with Crippen molar-refractivity contribution < 1.29 is 4.74 Å². The molecule has 3 rings (SSSR count). The van der Waals surface area contributed by atoms with Crippen LogP contribution in [0, 0.1) is 13.8 Å². The number of benzene rings is 1. The molecular weight excluding hydrogens is 262 g/mol. The van der Waals surface area contributed by atoms with Gasteiger partial charge in [0.15, 0.2) is 0 Å². The van der Waals surface area contributed by atoms with E-state index in [0.29, 0.717) is 12.6 Å². The summed E-state index contributed by atoms with van der Waals surface area (Å²) in [4.78, 5) is 0. The van der Waals surface area contributed by atoms with Crippen molar-refractivity contribution >= 4 is 0 Å². The molecule has 1 aromatic heterocycles. The minimum Gasteiger partial charge on any atom is -0.362 e. The smallest absolute Gasteiger partial charge is 0.139 e. The van der Waals surface area contributed by atoms with Gasteiger partial charge in [-0.3, -0.25) is 0 Å². The second-order valence-electron chi connectivity index (χ2n) is 5.85. The van der Waals surface area contributed by atoms with Crippen LogP contribution in [-0.4, -0.2) is 23.4 Å². The van der Waals surface area contributed by atoms with Crippen LogP contribution in [0.5, 0.6) is 0 Å². The van der Waals surface area contributed by atoms with Gasteiger partial charge in [0.2, 0.25) is 0 Å². The summed E-state index contributed by atoms with van der Waals surface area (Å²) < 4.78 is 7.12. The monoisotopic (exact) mass is 285 g/mol. The highest BCUT2D eigenvalue weighted by Crippen LogP contribution is 2.36. The maximum Gasteiger partial charge on any atom is 0.139 e. The summed E-state index contributed by atoms with van der Waals surface area (Å²) in [5.41, 5.74) is 13.4. The van der Waals surface area contributed by atoms with E-state index in [2.05, 4.69) is 37.1 Å². The van der Waals surface area contributed by atoms with Gasteiger partial charge in [0.05, 0.1) is 5.69 Å². The van der Waals surface area contributed by atoms with Crippen LogP contribution in [0.1, 0.15) is 34.9 Å². The number of hydrogen-bond acceptors (Lipinski definition) is 3. The zero-order valence-corrected chi connectivity index (χ0v) is 13.0. The lowest BCUT2D eigenvalue weighted by molar-refractivity contribution is 0.118. The Hall–Kier alpha value is -1.65. The molecule has 0 amide bonds. The number of rotatable bonds is 4. The number of ether oxygens (including phenoxy) is 1. The lowest BCUT2D eigenvalue weighted by Crippen LogP contribution is -2.09. The summed E-state index contributed by atoms with van der Waals surface area (Å²) in [6.45, 7) is 5.38. The average molecular weight is 285 g/mol. The van der Waals surface area contributed by atoms with Crippen LogP contribution < -0.4 is 5.73 Å². The number of aromatic nitrogens is 2. The third-order valence-corrected chi connectivity index (χ3v) is 4.55. The molecule has 112 valence electrons. The van der Waals surface area contributed by atoms with E-state index in [-0.39, 0.29) is 0 Å². The molecule has 1 aliphatic carbocycles. The van der Waals surface area contributed by atoms with Gasteiger partial charge in [-0.15, -0.1) is 0 Å². The van der Waals surface area contributed by atoms with Crippen LogP contribution >= 0.6 is 0 Å². The van der Waals surface area contributed by atoms with Crippen LogP contribution in [0.3, 0.4) is 0 Å². The molecule has 0 spiro atoms. The summed E-state index contributed by atoms with van der Waals surface area (Å²) >= 11 is 0. The molecule has 4 heteroatoms. The van der Waals surface area contributed by atoms with Crippen molar-refractivity contribution in [2.75, 3.05) is 13.7 Å². The van der Waals surface area contributed by atoms with Crippen molar-refractivity contribution in [2.45, 2.75) is 39.3 Å². The van der Waals surface area contributed by atoms with Crippen molar-refractivity contribution in [1.82, 2.24) is 9.78 Å². The normalized spacial score (nSPS) is 17.2. The maximum atomic E-state index is 5.91. The Bertz CT molecular complexity index is 660. The number of methoxy groups -OCH3 is 1. The standard InChI is InChI=1S/C17H23N3O/c1-11-17(12(2)20(19-11)10-21-3)14-6-4-13-5-7-15(9-18)16(13)8-14/h4,6,8,15H,5,7,9-10,18H2,1-3H3. The molecule has 1 unspecified atom stereocenters. The minimum atomic E-state index is 0.489. The van der Waals surface area contributed by atoms with Gasteiger partial charge >= 0.3 is 0 Å². The lowest BCUT2D eigenvalue weighted by Gasteiger charge is -2.11. The van der Waals surface area contributed by atoms with Gasteiger partial charge in [0, 0.05) is 18.4 Å². The van der Waals surface area contributed by atoms with Crippen LogP contribution in [0.15, 0.2) is 18.2 Å². The average Bonchev–Trinajstić information content (AvgIpc) is 3.00. The summed E-state index contributed by atoms with van der Waals surface area (Å²) in [5, 5.41) is 4.58. The van der Waals surface area contributed by atoms with Gasteiger partial charge in [-0.2, -0.15) is 5.10 Å². The quantitative estimate of drug-likeness (QED) is 0.939. The molecule has 0 saturated carbocycles. The topological polar surface area (TPSA) is 53.1 Å². The van der Waals surface area contributed by atoms with Gasteiger partial charge in [-0.1, -0.05) is 18.2 Å². The predicted molar refractivity (Wildman–Crippen MR) is 84.3 cm³/mol. The third-order valence-electron chi connectivity index (χ3n) is 4.55. The highest BCUT2D eigenvalue weighted by Gasteiger charge is 2.23. The Labute approximate surface area is 125 Å². The van der Waals surface area contributed by atoms with E-state index in [9.17, 15) is 0 Å².